The molecular formula is C20H38N2S5. The van der Waals surface area contributed by atoms with E-state index in [2.05, 4.69) is 24.0 Å². The zero-order valence-electron chi connectivity index (χ0n) is 17.0. The van der Waals surface area contributed by atoms with E-state index in [-0.39, 0.29) is 0 Å². The van der Waals surface area contributed by atoms with E-state index in [0.717, 1.165) is 35.7 Å². The highest BCUT2D eigenvalue weighted by Gasteiger charge is 2.32. The maximum Gasteiger partial charge on any atom is 0.143 e. The van der Waals surface area contributed by atoms with E-state index >= 15 is 0 Å². The lowest BCUT2D eigenvalue weighted by molar-refractivity contribution is 0.574. The van der Waals surface area contributed by atoms with Gasteiger partial charge in [0.1, 0.15) is 18.2 Å². The Morgan fingerprint density at radius 1 is 0.593 bits per heavy atom. The maximum atomic E-state index is 4.77. The summed E-state index contributed by atoms with van der Waals surface area (Å²) in [5, 5.41) is 10.5. The number of aromatic nitrogens is 2. The van der Waals surface area contributed by atoms with Crippen molar-refractivity contribution in [2.24, 2.45) is 0 Å². The summed E-state index contributed by atoms with van der Waals surface area (Å²) < 4.78 is -1.03. The van der Waals surface area contributed by atoms with Crippen molar-refractivity contribution in [1.82, 2.24) is 10.2 Å². The van der Waals surface area contributed by atoms with Crippen molar-refractivity contribution in [2.45, 2.75) is 112 Å². The first-order valence-electron chi connectivity index (χ1n) is 10.6. The first-order chi connectivity index (χ1) is 12.8. The van der Waals surface area contributed by atoms with Crippen LogP contribution in [0.5, 0.6) is 0 Å². The fourth-order valence-corrected chi connectivity index (χ4v) is 5.30. The van der Waals surface area contributed by atoms with E-state index in [4.69, 9.17) is 50.5 Å². The van der Waals surface area contributed by atoms with Gasteiger partial charge in [0.25, 0.3) is 0 Å². The third-order valence-corrected chi connectivity index (χ3v) is 8.46. The van der Waals surface area contributed by atoms with Crippen LogP contribution in [0.3, 0.4) is 0 Å². The molecular weight excluding hydrogens is 429 g/mol. The molecule has 0 atom stereocenters. The van der Waals surface area contributed by atoms with Crippen LogP contribution in [0.4, 0.5) is 0 Å². The summed E-state index contributed by atoms with van der Waals surface area (Å²) in [6.45, 7) is 4.49. The number of unbranched alkanes of at least 4 members (excludes halogenated alkanes) is 10. The molecule has 7 heteroatoms. The molecule has 0 radical (unpaired) electrons. The molecule has 158 valence electrons. The lowest BCUT2D eigenvalue weighted by Gasteiger charge is -2.20. The van der Waals surface area contributed by atoms with E-state index < -0.39 is 8.16 Å². The summed E-state index contributed by atoms with van der Waals surface area (Å²) in [4.78, 5) is 0. The SMILES string of the molecule is CCCCCCCCC(S)(S)c1nnc(C(S)(S)CCCCCCCC)s1. The van der Waals surface area contributed by atoms with Gasteiger partial charge in [-0.05, 0) is 12.8 Å². The second-order valence-corrected chi connectivity index (χ2v) is 12.3. The van der Waals surface area contributed by atoms with Gasteiger partial charge in [0.15, 0.2) is 0 Å². The van der Waals surface area contributed by atoms with Gasteiger partial charge >= 0.3 is 0 Å². The van der Waals surface area contributed by atoms with Crippen molar-refractivity contribution in [3.63, 3.8) is 0 Å². The van der Waals surface area contributed by atoms with Crippen LogP contribution in [0.1, 0.15) is 114 Å². The van der Waals surface area contributed by atoms with Gasteiger partial charge < -0.3 is 0 Å². The monoisotopic (exact) mass is 466 g/mol. The van der Waals surface area contributed by atoms with Crippen LogP contribution in [0, 0.1) is 0 Å². The van der Waals surface area contributed by atoms with Gasteiger partial charge in [-0.1, -0.05) is 102 Å². The highest BCUT2D eigenvalue weighted by molar-refractivity contribution is 8.00. The average Bonchev–Trinajstić information content (AvgIpc) is 3.13. The maximum absolute atomic E-state index is 4.77. The van der Waals surface area contributed by atoms with Crippen LogP contribution >= 0.6 is 61.9 Å². The molecule has 0 fully saturated rings. The van der Waals surface area contributed by atoms with Crippen LogP contribution < -0.4 is 0 Å². The standard InChI is InChI=1S/C20H38N2S5/c1-3-5-7-9-11-13-15-19(23,24)17-21-22-18(27-17)20(25,26)16-14-12-10-8-6-4-2/h23-26H,3-16H2,1-2H3. The van der Waals surface area contributed by atoms with Gasteiger partial charge in [-0.25, -0.2) is 0 Å². The molecule has 0 amide bonds. The van der Waals surface area contributed by atoms with E-state index in [1.807, 2.05) is 0 Å². The minimum absolute atomic E-state index is 0.515. The zero-order valence-corrected chi connectivity index (χ0v) is 21.4. The van der Waals surface area contributed by atoms with Crippen molar-refractivity contribution < 1.29 is 0 Å². The van der Waals surface area contributed by atoms with Gasteiger partial charge in [-0.15, -0.1) is 10.2 Å². The minimum atomic E-state index is -0.515. The molecule has 27 heavy (non-hydrogen) atoms. The molecule has 0 saturated carbocycles. The van der Waals surface area contributed by atoms with Gasteiger partial charge in [0.2, 0.25) is 0 Å². The van der Waals surface area contributed by atoms with Gasteiger partial charge in [-0.2, -0.15) is 50.5 Å². The smallest absolute Gasteiger partial charge is 0.143 e. The lowest BCUT2D eigenvalue weighted by atomic mass is 10.1. The normalized spacial score (nSPS) is 12.7. The summed E-state index contributed by atoms with van der Waals surface area (Å²) in [5.41, 5.74) is 0. The molecule has 0 aliphatic carbocycles. The summed E-state index contributed by atoms with van der Waals surface area (Å²) in [5.74, 6) is 0. The van der Waals surface area contributed by atoms with E-state index in [1.54, 1.807) is 11.3 Å². The first kappa shape index (κ1) is 26.0. The van der Waals surface area contributed by atoms with E-state index in [0.29, 0.717) is 0 Å². The number of thiol groups is 4. The first-order valence-corrected chi connectivity index (χ1v) is 13.2. The molecule has 0 saturated heterocycles. The van der Waals surface area contributed by atoms with Gasteiger partial charge in [0, 0.05) is 0 Å². The lowest BCUT2D eigenvalue weighted by Crippen LogP contribution is -2.10. The second kappa shape index (κ2) is 14.1. The Bertz CT molecular complexity index is 460. The molecule has 1 aromatic heterocycles. The Kier molecular flexibility index (Phi) is 13.5. The molecule has 1 rings (SSSR count). The number of hydrogen-bond donors (Lipinski definition) is 4. The number of rotatable bonds is 16. The molecule has 1 heterocycles. The predicted octanol–water partition coefficient (Wildman–Crippen LogP) is 8.06. The zero-order chi connectivity index (χ0) is 20.2. The van der Waals surface area contributed by atoms with Crippen molar-refractivity contribution in [3.8, 4) is 0 Å². The van der Waals surface area contributed by atoms with Crippen LogP contribution in [0.15, 0.2) is 0 Å². The van der Waals surface area contributed by atoms with Gasteiger partial charge in [0.05, 0.1) is 0 Å². The largest absolute Gasteiger partial charge is 0.155 e. The molecule has 2 nitrogen and oxygen atoms in total. The number of hydrogen-bond acceptors (Lipinski definition) is 7. The van der Waals surface area contributed by atoms with Crippen LogP contribution in [0.25, 0.3) is 0 Å². The van der Waals surface area contributed by atoms with Crippen LogP contribution in [-0.4, -0.2) is 10.2 Å². The molecule has 1 aromatic rings. The molecule has 0 aromatic carbocycles. The fourth-order valence-electron chi connectivity index (χ4n) is 3.06. The molecule has 0 bridgehead atoms. The van der Waals surface area contributed by atoms with Crippen molar-refractivity contribution in [1.29, 1.82) is 0 Å². The number of nitrogens with zero attached hydrogens (tertiary/aromatic N) is 2. The molecule has 0 unspecified atom stereocenters. The third kappa shape index (κ3) is 10.5. The van der Waals surface area contributed by atoms with E-state index in [9.17, 15) is 0 Å². The Morgan fingerprint density at radius 2 is 0.926 bits per heavy atom. The molecule has 0 N–H and O–H groups in total. The Hall–Kier alpha value is 0.960. The van der Waals surface area contributed by atoms with E-state index in [1.165, 1.54) is 64.2 Å². The topological polar surface area (TPSA) is 25.8 Å². The average molecular weight is 467 g/mol. The van der Waals surface area contributed by atoms with Crippen LogP contribution in [0.2, 0.25) is 0 Å². The quantitative estimate of drug-likeness (QED) is 0.113. The summed E-state index contributed by atoms with van der Waals surface area (Å²) in [6, 6.07) is 0. The highest BCUT2D eigenvalue weighted by atomic mass is 32.2. The van der Waals surface area contributed by atoms with Crippen LogP contribution in [-0.2, 0) is 8.16 Å². The summed E-state index contributed by atoms with van der Waals surface area (Å²) in [7, 11) is 0. The third-order valence-electron chi connectivity index (χ3n) is 4.87. The molecule has 0 aliphatic heterocycles. The molecule has 0 spiro atoms. The Morgan fingerprint density at radius 3 is 1.30 bits per heavy atom. The summed E-state index contributed by atoms with van der Waals surface area (Å²) >= 11 is 20.6. The van der Waals surface area contributed by atoms with Crippen molar-refractivity contribution >= 4 is 61.9 Å². The highest BCUT2D eigenvalue weighted by Crippen LogP contribution is 2.45. The van der Waals surface area contributed by atoms with Crippen molar-refractivity contribution in [3.05, 3.63) is 10.0 Å². The Labute approximate surface area is 193 Å². The molecule has 0 aliphatic rings. The summed E-state index contributed by atoms with van der Waals surface area (Å²) in [6.07, 6.45) is 17.0. The minimum Gasteiger partial charge on any atom is -0.155 e. The van der Waals surface area contributed by atoms with Crippen molar-refractivity contribution in [2.75, 3.05) is 0 Å². The second-order valence-electron chi connectivity index (χ2n) is 7.58. The Balaban J connectivity index is 2.44. The van der Waals surface area contributed by atoms with Gasteiger partial charge in [-0.3, -0.25) is 0 Å². The fraction of sp³-hybridized carbons (Fsp3) is 0.900. The predicted molar refractivity (Wildman–Crippen MR) is 135 cm³/mol.